The molecule has 1 N–H and O–H groups in total. The molecule has 1 aromatic carbocycles. The Morgan fingerprint density at radius 2 is 1.89 bits per heavy atom. The average molecular weight is 398 g/mol. The third-order valence-corrected chi connectivity index (χ3v) is 4.98. The van der Waals surface area contributed by atoms with E-state index in [2.05, 4.69) is 33.4 Å². The fraction of sp³-hybridized carbons (Fsp3) is 0.150. The Hall–Kier alpha value is -2.63. The third kappa shape index (κ3) is 3.89. The lowest BCUT2D eigenvalue weighted by Crippen LogP contribution is -2.09. The fourth-order valence-corrected chi connectivity index (χ4v) is 3.17. The zero-order chi connectivity index (χ0) is 18.8. The molecule has 3 aromatic heterocycles. The van der Waals surface area contributed by atoms with Crippen molar-refractivity contribution in [3.63, 3.8) is 0 Å². The zero-order valence-electron chi connectivity index (χ0n) is 14.7. The van der Waals surface area contributed by atoms with Crippen molar-refractivity contribution >= 4 is 34.7 Å². The Bertz CT molecular complexity index is 1110. The number of nitrogens with zero attached hydrogens (tertiary/aromatic N) is 4. The van der Waals surface area contributed by atoms with E-state index in [1.54, 1.807) is 16.8 Å². The van der Waals surface area contributed by atoms with Crippen molar-refractivity contribution in [2.45, 2.75) is 13.3 Å². The Morgan fingerprint density at radius 1 is 1.00 bits per heavy atom. The minimum absolute atomic E-state index is 0.504. The average Bonchev–Trinajstić information content (AvgIpc) is 3.07. The van der Waals surface area contributed by atoms with Gasteiger partial charge < -0.3 is 5.32 Å². The molecule has 5 nitrogen and oxygen atoms in total. The minimum atomic E-state index is 0.504. The molecule has 0 unspecified atom stereocenters. The first-order valence-electron chi connectivity index (χ1n) is 8.56. The van der Waals surface area contributed by atoms with Crippen molar-refractivity contribution in [1.82, 2.24) is 19.6 Å². The number of aromatic nitrogens is 4. The summed E-state index contributed by atoms with van der Waals surface area (Å²) in [6, 6.07) is 13.4. The molecule has 0 radical (unpaired) electrons. The van der Waals surface area contributed by atoms with Gasteiger partial charge in [-0.05, 0) is 48.9 Å². The van der Waals surface area contributed by atoms with Crippen molar-refractivity contribution in [2.24, 2.45) is 0 Å². The van der Waals surface area contributed by atoms with Gasteiger partial charge in [0, 0.05) is 30.4 Å². The van der Waals surface area contributed by atoms with E-state index in [0.717, 1.165) is 41.4 Å². The van der Waals surface area contributed by atoms with Crippen LogP contribution >= 0.6 is 23.2 Å². The first kappa shape index (κ1) is 17.8. The van der Waals surface area contributed by atoms with Gasteiger partial charge in [0.25, 0.3) is 0 Å². The van der Waals surface area contributed by atoms with Crippen LogP contribution in [-0.4, -0.2) is 26.1 Å². The topological polar surface area (TPSA) is 55.1 Å². The Labute approximate surface area is 167 Å². The van der Waals surface area contributed by atoms with E-state index in [9.17, 15) is 0 Å². The molecule has 0 atom stereocenters. The van der Waals surface area contributed by atoms with Gasteiger partial charge >= 0.3 is 0 Å². The summed E-state index contributed by atoms with van der Waals surface area (Å²) in [5.41, 5.74) is 4.80. The Balaban J connectivity index is 1.55. The number of pyridine rings is 1. The van der Waals surface area contributed by atoms with E-state index in [1.165, 1.54) is 5.56 Å². The molecule has 7 heteroatoms. The molecule has 4 rings (SSSR count). The number of fused-ring (bicyclic) bond motifs is 1. The molecule has 27 heavy (non-hydrogen) atoms. The number of hydrogen-bond donors (Lipinski definition) is 1. The second kappa shape index (κ2) is 7.55. The largest absolute Gasteiger partial charge is 0.368 e. The van der Waals surface area contributed by atoms with E-state index in [-0.39, 0.29) is 0 Å². The summed E-state index contributed by atoms with van der Waals surface area (Å²) in [4.78, 5) is 8.80. The van der Waals surface area contributed by atoms with Crippen molar-refractivity contribution < 1.29 is 0 Å². The van der Waals surface area contributed by atoms with Gasteiger partial charge in [-0.15, -0.1) is 5.10 Å². The molecule has 0 saturated carbocycles. The molecule has 0 fully saturated rings. The lowest BCUT2D eigenvalue weighted by Gasteiger charge is -2.08. The monoisotopic (exact) mass is 397 g/mol. The summed E-state index contributed by atoms with van der Waals surface area (Å²) in [5, 5.41) is 9.03. The van der Waals surface area contributed by atoms with Gasteiger partial charge in [-0.2, -0.15) is 0 Å². The van der Waals surface area contributed by atoms with E-state index in [4.69, 9.17) is 23.2 Å². The van der Waals surface area contributed by atoms with Gasteiger partial charge in [-0.3, -0.25) is 4.98 Å². The molecule has 0 aliphatic carbocycles. The number of imidazole rings is 1. The number of halogens is 2. The number of nitrogens with one attached hydrogen (secondary N) is 1. The number of rotatable bonds is 5. The number of anilines is 1. The highest BCUT2D eigenvalue weighted by Gasteiger charge is 2.10. The molecular weight excluding hydrogens is 381 g/mol. The third-order valence-electron chi connectivity index (χ3n) is 4.24. The predicted molar refractivity (Wildman–Crippen MR) is 110 cm³/mol. The van der Waals surface area contributed by atoms with Crippen LogP contribution in [0.3, 0.4) is 0 Å². The van der Waals surface area contributed by atoms with Crippen molar-refractivity contribution in [1.29, 1.82) is 0 Å². The van der Waals surface area contributed by atoms with Gasteiger partial charge in [0.15, 0.2) is 5.65 Å². The summed E-state index contributed by atoms with van der Waals surface area (Å²) in [7, 11) is 0. The van der Waals surface area contributed by atoms with Gasteiger partial charge in [-0.1, -0.05) is 29.3 Å². The summed E-state index contributed by atoms with van der Waals surface area (Å²) in [6.07, 6.45) is 4.44. The summed E-state index contributed by atoms with van der Waals surface area (Å²) in [5.74, 6) is 0.773. The van der Waals surface area contributed by atoms with Crippen LogP contribution in [0.1, 0.15) is 11.3 Å². The van der Waals surface area contributed by atoms with Crippen LogP contribution in [0.2, 0.25) is 10.0 Å². The zero-order valence-corrected chi connectivity index (χ0v) is 16.2. The normalized spacial score (nSPS) is 11.1. The maximum Gasteiger partial charge on any atom is 0.154 e. The smallest absolute Gasteiger partial charge is 0.154 e. The highest BCUT2D eigenvalue weighted by molar-refractivity contribution is 6.42. The van der Waals surface area contributed by atoms with E-state index < -0.39 is 0 Å². The molecule has 3 heterocycles. The lowest BCUT2D eigenvalue weighted by atomic mass is 10.2. The van der Waals surface area contributed by atoms with Gasteiger partial charge in [0.05, 0.1) is 21.9 Å². The number of benzene rings is 1. The summed E-state index contributed by atoms with van der Waals surface area (Å²) < 4.78 is 1.80. The summed E-state index contributed by atoms with van der Waals surface area (Å²) in [6.45, 7) is 2.81. The molecule has 4 aromatic rings. The lowest BCUT2D eigenvalue weighted by molar-refractivity contribution is 0.906. The van der Waals surface area contributed by atoms with Crippen molar-refractivity contribution in [2.75, 3.05) is 11.9 Å². The standard InChI is InChI=1S/C20H17Cl2N5/c1-13-6-8-23-15(10-13)7-9-24-19-4-5-20-25-12-18(27(20)26-19)14-2-3-16(21)17(22)11-14/h2-6,8,10-12H,7,9H2,1H3,(H,24,26). The van der Waals surface area contributed by atoms with Crippen molar-refractivity contribution in [3.05, 3.63) is 76.2 Å². The molecule has 0 saturated heterocycles. The predicted octanol–water partition coefficient (Wildman–Crippen LogP) is 5.06. The van der Waals surface area contributed by atoms with Crippen molar-refractivity contribution in [3.8, 4) is 11.3 Å². The van der Waals surface area contributed by atoms with E-state index in [1.807, 2.05) is 36.5 Å². The quantitative estimate of drug-likeness (QED) is 0.511. The molecular formula is C20H17Cl2N5. The second-order valence-corrected chi connectivity index (χ2v) is 7.08. The Morgan fingerprint density at radius 3 is 2.70 bits per heavy atom. The molecule has 0 aliphatic heterocycles. The first-order chi connectivity index (χ1) is 13.1. The van der Waals surface area contributed by atoms with Crippen LogP contribution in [0.25, 0.3) is 16.9 Å². The van der Waals surface area contributed by atoms with Gasteiger partial charge in [0.1, 0.15) is 5.82 Å². The first-order valence-corrected chi connectivity index (χ1v) is 9.31. The number of hydrogen-bond acceptors (Lipinski definition) is 4. The van der Waals surface area contributed by atoms with Crippen LogP contribution in [0, 0.1) is 6.92 Å². The Kier molecular flexibility index (Phi) is 4.97. The van der Waals surface area contributed by atoms with Crippen LogP contribution in [0.15, 0.2) is 54.9 Å². The van der Waals surface area contributed by atoms with Gasteiger partial charge in [0.2, 0.25) is 0 Å². The maximum atomic E-state index is 6.15. The minimum Gasteiger partial charge on any atom is -0.368 e. The second-order valence-electron chi connectivity index (χ2n) is 6.26. The number of aryl methyl sites for hydroxylation is 1. The SMILES string of the molecule is Cc1ccnc(CCNc2ccc3ncc(-c4ccc(Cl)c(Cl)c4)n3n2)c1. The van der Waals surface area contributed by atoms with Crippen LogP contribution in [0.5, 0.6) is 0 Å². The molecule has 0 aliphatic rings. The van der Waals surface area contributed by atoms with Gasteiger partial charge in [-0.25, -0.2) is 9.50 Å². The fourth-order valence-electron chi connectivity index (χ4n) is 2.87. The summed E-state index contributed by atoms with van der Waals surface area (Å²) >= 11 is 12.2. The van der Waals surface area contributed by atoms with E-state index in [0.29, 0.717) is 10.0 Å². The highest BCUT2D eigenvalue weighted by Crippen LogP contribution is 2.28. The molecule has 136 valence electrons. The van der Waals surface area contributed by atoms with Crippen LogP contribution < -0.4 is 5.32 Å². The molecule has 0 spiro atoms. The molecule has 0 amide bonds. The van der Waals surface area contributed by atoms with Crippen LogP contribution in [0.4, 0.5) is 5.82 Å². The van der Waals surface area contributed by atoms with Crippen LogP contribution in [-0.2, 0) is 6.42 Å². The molecule has 0 bridgehead atoms. The van der Waals surface area contributed by atoms with E-state index >= 15 is 0 Å². The highest BCUT2D eigenvalue weighted by atomic mass is 35.5. The maximum absolute atomic E-state index is 6.15.